The summed E-state index contributed by atoms with van der Waals surface area (Å²) in [4.78, 5) is 31.7. The van der Waals surface area contributed by atoms with E-state index in [9.17, 15) is 23.5 Å². The average molecular weight is 446 g/mol. The van der Waals surface area contributed by atoms with Gasteiger partial charge in [-0.15, -0.1) is 0 Å². The Morgan fingerprint density at radius 2 is 2.09 bits per heavy atom. The van der Waals surface area contributed by atoms with Crippen molar-refractivity contribution in [3.05, 3.63) is 58.6 Å². The molecule has 0 radical (unpaired) electrons. The predicted octanol–water partition coefficient (Wildman–Crippen LogP) is 1.21. The van der Waals surface area contributed by atoms with Crippen LogP contribution in [0.4, 0.5) is 8.78 Å². The first-order valence-electron chi connectivity index (χ1n) is 10.7. The number of rotatable bonds is 3. The van der Waals surface area contributed by atoms with Crippen molar-refractivity contribution in [2.24, 2.45) is 0 Å². The summed E-state index contributed by atoms with van der Waals surface area (Å²) < 4.78 is 32.4. The van der Waals surface area contributed by atoms with E-state index >= 15 is 0 Å². The summed E-state index contributed by atoms with van der Waals surface area (Å²) in [6.07, 6.45) is 3.55. The fourth-order valence-electron chi connectivity index (χ4n) is 4.96. The highest BCUT2D eigenvalue weighted by atomic mass is 19.1. The minimum atomic E-state index is -0.744. The summed E-state index contributed by atoms with van der Waals surface area (Å²) in [5, 5.41) is 13.1. The van der Waals surface area contributed by atoms with Crippen molar-refractivity contribution in [3.63, 3.8) is 0 Å². The van der Waals surface area contributed by atoms with Crippen LogP contribution in [0.25, 0.3) is 0 Å². The smallest absolute Gasteiger partial charge is 0.275 e. The van der Waals surface area contributed by atoms with Crippen LogP contribution >= 0.6 is 0 Å². The van der Waals surface area contributed by atoms with Gasteiger partial charge in [-0.25, -0.2) is 8.78 Å². The third-order valence-corrected chi connectivity index (χ3v) is 6.51. The normalized spacial score (nSPS) is 29.6. The van der Waals surface area contributed by atoms with E-state index < -0.39 is 17.5 Å². The van der Waals surface area contributed by atoms with Crippen LogP contribution in [0.3, 0.4) is 0 Å². The predicted molar refractivity (Wildman–Crippen MR) is 109 cm³/mol. The number of piperazine rings is 1. The lowest BCUT2D eigenvalue weighted by Gasteiger charge is -2.41. The third kappa shape index (κ3) is 3.63. The molecule has 4 aliphatic heterocycles. The van der Waals surface area contributed by atoms with Gasteiger partial charge in [-0.2, -0.15) is 0 Å². The number of amides is 2. The molecule has 8 nitrogen and oxygen atoms in total. The first-order chi connectivity index (χ1) is 15.4. The van der Waals surface area contributed by atoms with E-state index in [-0.39, 0.29) is 54.4 Å². The van der Waals surface area contributed by atoms with Crippen LogP contribution < -0.4 is 5.32 Å². The largest absolute Gasteiger partial charge is 0.507 e. The van der Waals surface area contributed by atoms with E-state index in [1.807, 2.05) is 0 Å². The number of carbonyl (C=O) groups excluding carboxylic acids is 2. The van der Waals surface area contributed by atoms with Crippen molar-refractivity contribution in [2.45, 2.75) is 31.6 Å². The standard InChI is InChI=1S/C22H24F2N4O4/c23-15-4-3-13(17(24)6-15)7-25-21(30)14-8-26-10-19-27-5-1-2-16(27)9-28(19)22(31)20(26)18(29)12-32-11-14/h3-4,6,8,16,19,29H,1-2,5,7,9-12H2,(H,25,30)/b14-8+,20-18+/t16-,19+/m1/s1. The van der Waals surface area contributed by atoms with Gasteiger partial charge in [0.2, 0.25) is 0 Å². The molecule has 5 rings (SSSR count). The van der Waals surface area contributed by atoms with Crippen molar-refractivity contribution in [2.75, 3.05) is 32.8 Å². The topological polar surface area (TPSA) is 85.4 Å². The van der Waals surface area contributed by atoms with Gasteiger partial charge >= 0.3 is 0 Å². The molecule has 2 amide bonds. The zero-order valence-corrected chi connectivity index (χ0v) is 17.4. The number of aliphatic hydroxyl groups excluding tert-OH is 1. The minimum Gasteiger partial charge on any atom is -0.507 e. The van der Waals surface area contributed by atoms with E-state index in [4.69, 9.17) is 4.74 Å². The summed E-state index contributed by atoms with van der Waals surface area (Å²) in [6, 6.07) is 3.49. The Bertz CT molecular complexity index is 1030. The van der Waals surface area contributed by atoms with E-state index in [0.29, 0.717) is 19.1 Å². The van der Waals surface area contributed by atoms with Crippen LogP contribution in [0.15, 0.2) is 41.4 Å². The number of halogens is 2. The number of hydrogen-bond donors (Lipinski definition) is 2. The van der Waals surface area contributed by atoms with Gasteiger partial charge in [0.15, 0.2) is 0 Å². The maximum Gasteiger partial charge on any atom is 0.275 e. The SMILES string of the molecule is O=C(NCc1ccc(F)cc1F)/C1=C/N2C[C@@H]3N(C[C@H]4CCCN43)C(=O)/C2=C(\O)COC1. The van der Waals surface area contributed by atoms with Crippen molar-refractivity contribution in [3.8, 4) is 0 Å². The first-order valence-corrected chi connectivity index (χ1v) is 10.7. The van der Waals surface area contributed by atoms with Gasteiger partial charge in [-0.3, -0.25) is 14.5 Å². The van der Waals surface area contributed by atoms with Gasteiger partial charge in [-0.1, -0.05) is 6.07 Å². The Kier molecular flexibility index (Phi) is 5.34. The van der Waals surface area contributed by atoms with Crippen LogP contribution in [-0.4, -0.2) is 76.7 Å². The van der Waals surface area contributed by atoms with Gasteiger partial charge < -0.3 is 25.0 Å². The summed E-state index contributed by atoms with van der Waals surface area (Å²) >= 11 is 0. The highest BCUT2D eigenvalue weighted by molar-refractivity contribution is 5.96. The average Bonchev–Trinajstić information content (AvgIpc) is 3.33. The minimum absolute atomic E-state index is 0.0829. The molecule has 0 saturated carbocycles. The summed E-state index contributed by atoms with van der Waals surface area (Å²) in [7, 11) is 0. The molecule has 4 aliphatic rings. The van der Waals surface area contributed by atoms with Crippen LogP contribution in [0.1, 0.15) is 18.4 Å². The number of nitrogens with zero attached hydrogens (tertiary/aromatic N) is 3. The Morgan fingerprint density at radius 3 is 2.91 bits per heavy atom. The fourth-order valence-corrected chi connectivity index (χ4v) is 4.96. The maximum atomic E-state index is 13.9. The summed E-state index contributed by atoms with van der Waals surface area (Å²) in [5.41, 5.74) is 0.520. The van der Waals surface area contributed by atoms with Crippen molar-refractivity contribution in [1.82, 2.24) is 20.0 Å². The molecule has 0 bridgehead atoms. The zero-order chi connectivity index (χ0) is 22.4. The van der Waals surface area contributed by atoms with Crippen LogP contribution in [0.2, 0.25) is 0 Å². The molecule has 170 valence electrons. The quantitative estimate of drug-likeness (QED) is 0.726. The molecule has 2 atom stereocenters. The van der Waals surface area contributed by atoms with Gasteiger partial charge in [-0.05, 0) is 18.9 Å². The van der Waals surface area contributed by atoms with Gasteiger partial charge in [0.05, 0.1) is 18.7 Å². The molecule has 10 heteroatoms. The number of ether oxygens (including phenoxy) is 1. The van der Waals surface area contributed by atoms with E-state index in [2.05, 4.69) is 10.2 Å². The van der Waals surface area contributed by atoms with Gasteiger partial charge in [0, 0.05) is 43.5 Å². The molecule has 0 spiro atoms. The number of benzene rings is 1. The Balaban J connectivity index is 1.37. The first kappa shape index (κ1) is 20.9. The second kappa shape index (κ2) is 8.18. The second-order valence-corrected chi connectivity index (χ2v) is 8.49. The van der Waals surface area contributed by atoms with Crippen molar-refractivity contribution in [1.29, 1.82) is 0 Å². The Hall–Kier alpha value is -2.98. The highest BCUT2D eigenvalue weighted by Crippen LogP contribution is 2.35. The molecule has 0 aromatic heterocycles. The van der Waals surface area contributed by atoms with E-state index in [1.165, 1.54) is 12.3 Å². The zero-order valence-electron chi connectivity index (χ0n) is 17.4. The molecule has 2 N–H and O–H groups in total. The lowest BCUT2D eigenvalue weighted by molar-refractivity contribution is -0.135. The maximum absolute atomic E-state index is 13.9. The summed E-state index contributed by atoms with van der Waals surface area (Å²) in [6.45, 7) is 1.59. The number of fused-ring (bicyclic) bond motifs is 4. The monoisotopic (exact) mass is 446 g/mol. The summed E-state index contributed by atoms with van der Waals surface area (Å²) in [5.74, 6) is -2.36. The molecule has 0 aliphatic carbocycles. The van der Waals surface area contributed by atoms with Crippen molar-refractivity contribution < 1.29 is 28.2 Å². The van der Waals surface area contributed by atoms with Gasteiger partial charge in [0.25, 0.3) is 11.8 Å². The van der Waals surface area contributed by atoms with Crippen LogP contribution in [0, 0.1) is 11.6 Å². The molecule has 3 saturated heterocycles. The molecular formula is C22H24F2N4O4. The van der Waals surface area contributed by atoms with Crippen LogP contribution in [-0.2, 0) is 20.9 Å². The molecule has 1 aromatic rings. The Morgan fingerprint density at radius 1 is 1.25 bits per heavy atom. The Labute approximate surface area is 183 Å². The fraction of sp³-hybridized carbons (Fsp3) is 0.455. The van der Waals surface area contributed by atoms with Crippen LogP contribution in [0.5, 0.6) is 0 Å². The highest BCUT2D eigenvalue weighted by Gasteiger charge is 2.49. The molecule has 4 heterocycles. The lowest BCUT2D eigenvalue weighted by Crippen LogP contribution is -2.55. The number of aliphatic hydroxyl groups is 1. The number of carbonyl (C=O) groups is 2. The second-order valence-electron chi connectivity index (χ2n) is 8.49. The number of hydrogen-bond acceptors (Lipinski definition) is 6. The third-order valence-electron chi connectivity index (χ3n) is 6.51. The lowest BCUT2D eigenvalue weighted by atomic mass is 10.1. The van der Waals surface area contributed by atoms with E-state index in [1.54, 1.807) is 9.80 Å². The van der Waals surface area contributed by atoms with Crippen molar-refractivity contribution >= 4 is 11.8 Å². The molecular weight excluding hydrogens is 422 g/mol. The number of nitrogens with one attached hydrogen (secondary N) is 1. The van der Waals surface area contributed by atoms with Gasteiger partial charge in [0.1, 0.15) is 35.9 Å². The molecule has 3 fully saturated rings. The molecule has 1 aromatic carbocycles. The molecule has 32 heavy (non-hydrogen) atoms. The molecule has 0 unspecified atom stereocenters. The van der Waals surface area contributed by atoms with E-state index in [0.717, 1.165) is 31.5 Å².